The fourth-order valence-electron chi connectivity index (χ4n) is 8.65. The van der Waals surface area contributed by atoms with Gasteiger partial charge in [-0.05, 0) is 19.3 Å². The van der Waals surface area contributed by atoms with Crippen molar-refractivity contribution in [3.63, 3.8) is 0 Å². The zero-order chi connectivity index (χ0) is 47.5. The van der Waals surface area contributed by atoms with E-state index in [0.717, 1.165) is 38.5 Å². The predicted molar refractivity (Wildman–Crippen MR) is 280 cm³/mol. The monoisotopic (exact) mass is 909 g/mol. The Morgan fingerprint density at radius 2 is 0.281 bits per heavy atom. The number of hydrogen-bond donors (Lipinski definition) is 3. The van der Waals surface area contributed by atoms with Gasteiger partial charge in [0.2, 0.25) is 0 Å². The lowest BCUT2D eigenvalue weighted by atomic mass is 10.0. The van der Waals surface area contributed by atoms with Crippen LogP contribution in [0.25, 0.3) is 0 Å². The Morgan fingerprint density at radius 3 is 0.375 bits per heavy atom. The van der Waals surface area contributed by atoms with E-state index in [0.29, 0.717) is 19.3 Å². The van der Waals surface area contributed by atoms with E-state index in [9.17, 15) is 14.4 Å². The molecule has 0 heterocycles. The van der Waals surface area contributed by atoms with Crippen molar-refractivity contribution >= 4 is 17.9 Å². The van der Waals surface area contributed by atoms with Crippen LogP contribution in [-0.4, -0.2) is 33.2 Å². The van der Waals surface area contributed by atoms with Crippen LogP contribution in [0, 0.1) is 0 Å². The number of carbonyl (C=O) groups is 3. The Balaban J connectivity index is -0.000000878. The minimum absolute atomic E-state index is 0.345. The SMILES string of the molecule is CCCCCCCCCCCCCCCCCC(=O)O.CCCCCCCCCCCCCCCCCC(=O)O.CCCCCCCCCCCCCCCCCCCCCC(=O)O. The number of carboxylic acid groups (broad SMARTS) is 3. The van der Waals surface area contributed by atoms with Gasteiger partial charge in [-0.3, -0.25) is 14.4 Å². The standard InChI is InChI=1S/C22H44O2.2C18H36O2/c1-2-3-4-5-6-7-8-9-10-11-12-13-14-15-16-17-18-19-20-21-22(23)24;2*1-2-3-4-5-6-7-8-9-10-11-12-13-14-15-16-17-18(19)20/h2-21H2,1H3,(H,23,24);2*2-17H2,1H3,(H,19,20). The van der Waals surface area contributed by atoms with Gasteiger partial charge >= 0.3 is 17.9 Å². The maximum Gasteiger partial charge on any atom is 0.303 e. The van der Waals surface area contributed by atoms with Crippen LogP contribution in [0.4, 0.5) is 0 Å². The summed E-state index contributed by atoms with van der Waals surface area (Å²) in [5.74, 6) is -1.96. The fourth-order valence-corrected chi connectivity index (χ4v) is 8.65. The van der Waals surface area contributed by atoms with Crippen LogP contribution in [0.15, 0.2) is 0 Å². The molecular weight excluding hydrogens is 793 g/mol. The Kier molecular flexibility index (Phi) is 66.2. The second-order valence-corrected chi connectivity index (χ2v) is 19.7. The Labute approximate surface area is 400 Å². The molecule has 0 saturated carbocycles. The van der Waals surface area contributed by atoms with Crippen molar-refractivity contribution in [2.24, 2.45) is 0 Å². The highest BCUT2D eigenvalue weighted by atomic mass is 16.4. The molecule has 64 heavy (non-hydrogen) atoms. The molecule has 0 atom stereocenters. The van der Waals surface area contributed by atoms with Gasteiger partial charge < -0.3 is 15.3 Å². The zero-order valence-corrected chi connectivity index (χ0v) is 43.8. The van der Waals surface area contributed by atoms with E-state index >= 15 is 0 Å². The van der Waals surface area contributed by atoms with Crippen LogP contribution < -0.4 is 0 Å². The van der Waals surface area contributed by atoms with E-state index in [-0.39, 0.29) is 0 Å². The highest BCUT2D eigenvalue weighted by Gasteiger charge is 2.00. The number of unbranched alkanes of at least 4 members (excludes halogenated alkanes) is 46. The molecule has 0 aromatic heterocycles. The molecule has 0 bridgehead atoms. The molecule has 0 radical (unpaired) electrons. The molecule has 0 aliphatic heterocycles. The summed E-state index contributed by atoms with van der Waals surface area (Å²) in [6, 6.07) is 0. The third-order valence-electron chi connectivity index (χ3n) is 13.0. The second-order valence-electron chi connectivity index (χ2n) is 19.7. The average molecular weight is 910 g/mol. The summed E-state index contributed by atoms with van der Waals surface area (Å²) < 4.78 is 0. The third-order valence-corrected chi connectivity index (χ3v) is 13.0. The number of rotatable bonds is 52. The maximum absolute atomic E-state index is 10.4. The van der Waals surface area contributed by atoms with E-state index < -0.39 is 17.9 Å². The number of carboxylic acids is 3. The Bertz CT molecular complexity index is 831. The predicted octanol–water partition coefficient (Wildman–Crippen LogP) is 20.6. The number of hydrogen-bond acceptors (Lipinski definition) is 3. The normalized spacial score (nSPS) is 10.9. The first-order valence-corrected chi connectivity index (χ1v) is 29.0. The molecule has 3 N–H and O–H groups in total. The van der Waals surface area contributed by atoms with Crippen LogP contribution in [0.1, 0.15) is 355 Å². The average Bonchev–Trinajstić information content (AvgIpc) is 3.27. The van der Waals surface area contributed by atoms with E-state index in [1.807, 2.05) is 0 Å². The summed E-state index contributed by atoms with van der Waals surface area (Å²) in [6.07, 6.45) is 66.5. The molecular formula is C58H116O6. The van der Waals surface area contributed by atoms with Gasteiger partial charge in [-0.15, -0.1) is 0 Å². The van der Waals surface area contributed by atoms with Crippen LogP contribution in [-0.2, 0) is 14.4 Å². The van der Waals surface area contributed by atoms with Crippen molar-refractivity contribution in [1.29, 1.82) is 0 Å². The molecule has 6 heteroatoms. The molecule has 0 rings (SSSR count). The third kappa shape index (κ3) is 74.7. The summed E-state index contributed by atoms with van der Waals surface area (Å²) >= 11 is 0. The van der Waals surface area contributed by atoms with Crippen LogP contribution in [0.3, 0.4) is 0 Å². The summed E-state index contributed by atoms with van der Waals surface area (Å²) in [6.45, 7) is 6.82. The van der Waals surface area contributed by atoms with Crippen LogP contribution in [0.2, 0.25) is 0 Å². The Hall–Kier alpha value is -1.59. The van der Waals surface area contributed by atoms with E-state index in [1.54, 1.807) is 0 Å². The van der Waals surface area contributed by atoms with Crippen LogP contribution in [0.5, 0.6) is 0 Å². The highest BCUT2D eigenvalue weighted by molar-refractivity contribution is 5.67. The zero-order valence-electron chi connectivity index (χ0n) is 43.8. The van der Waals surface area contributed by atoms with Crippen molar-refractivity contribution in [3.8, 4) is 0 Å². The summed E-state index contributed by atoms with van der Waals surface area (Å²) in [4.78, 5) is 31.0. The van der Waals surface area contributed by atoms with Crippen molar-refractivity contribution in [2.45, 2.75) is 355 Å². The fraction of sp³-hybridized carbons (Fsp3) is 0.948. The quantitative estimate of drug-likeness (QED) is 0.0524. The molecule has 0 aromatic rings. The first-order chi connectivity index (χ1) is 31.3. The molecule has 0 aromatic carbocycles. The molecule has 0 saturated heterocycles. The van der Waals surface area contributed by atoms with Gasteiger partial charge in [0, 0.05) is 19.3 Å². The molecule has 0 aliphatic rings. The van der Waals surface area contributed by atoms with E-state index in [4.69, 9.17) is 15.3 Å². The summed E-state index contributed by atoms with van der Waals surface area (Å²) in [5.41, 5.74) is 0. The molecule has 0 aliphatic carbocycles. The van der Waals surface area contributed by atoms with Crippen molar-refractivity contribution < 1.29 is 29.7 Å². The van der Waals surface area contributed by atoms with Gasteiger partial charge in [-0.2, -0.15) is 0 Å². The minimum Gasteiger partial charge on any atom is -0.481 e. The lowest BCUT2D eigenvalue weighted by Crippen LogP contribution is -1.93. The lowest BCUT2D eigenvalue weighted by Gasteiger charge is -2.03. The largest absolute Gasteiger partial charge is 0.481 e. The smallest absolute Gasteiger partial charge is 0.303 e. The first kappa shape index (κ1) is 66.7. The van der Waals surface area contributed by atoms with Crippen molar-refractivity contribution in [1.82, 2.24) is 0 Å². The second kappa shape index (κ2) is 63.5. The van der Waals surface area contributed by atoms with Gasteiger partial charge in [-0.1, -0.05) is 316 Å². The van der Waals surface area contributed by atoms with E-state index in [2.05, 4.69) is 20.8 Å². The number of aliphatic carboxylic acids is 3. The molecule has 0 unspecified atom stereocenters. The molecule has 0 amide bonds. The van der Waals surface area contributed by atoms with Gasteiger partial charge in [0.1, 0.15) is 0 Å². The van der Waals surface area contributed by atoms with Crippen molar-refractivity contribution in [2.75, 3.05) is 0 Å². The first-order valence-electron chi connectivity index (χ1n) is 29.0. The maximum atomic E-state index is 10.4. The topological polar surface area (TPSA) is 112 Å². The van der Waals surface area contributed by atoms with Gasteiger partial charge in [0.15, 0.2) is 0 Å². The molecule has 6 nitrogen and oxygen atoms in total. The Morgan fingerprint density at radius 1 is 0.188 bits per heavy atom. The van der Waals surface area contributed by atoms with Gasteiger partial charge in [0.25, 0.3) is 0 Å². The molecule has 0 spiro atoms. The van der Waals surface area contributed by atoms with Crippen LogP contribution >= 0.6 is 0 Å². The molecule has 384 valence electrons. The lowest BCUT2D eigenvalue weighted by molar-refractivity contribution is -0.138. The summed E-state index contributed by atoms with van der Waals surface area (Å²) in [5, 5.41) is 25.6. The summed E-state index contributed by atoms with van der Waals surface area (Å²) in [7, 11) is 0. The minimum atomic E-state index is -0.653. The molecule has 0 fully saturated rings. The van der Waals surface area contributed by atoms with Gasteiger partial charge in [0.05, 0.1) is 0 Å². The van der Waals surface area contributed by atoms with E-state index in [1.165, 1.54) is 276 Å². The highest BCUT2D eigenvalue weighted by Crippen LogP contribution is 2.17. The van der Waals surface area contributed by atoms with Gasteiger partial charge in [-0.25, -0.2) is 0 Å². The van der Waals surface area contributed by atoms with Crippen molar-refractivity contribution in [3.05, 3.63) is 0 Å².